The molecule has 1 aliphatic heterocycles. The van der Waals surface area contributed by atoms with Crippen molar-refractivity contribution in [3.05, 3.63) is 86.9 Å². The van der Waals surface area contributed by atoms with Gasteiger partial charge in [-0.2, -0.15) is 4.98 Å². The van der Waals surface area contributed by atoms with E-state index in [1.54, 1.807) is 21.3 Å². The van der Waals surface area contributed by atoms with Gasteiger partial charge in [0.15, 0.2) is 0 Å². The van der Waals surface area contributed by atoms with Crippen molar-refractivity contribution in [2.24, 2.45) is 11.8 Å². The molecule has 1 amide bonds. The van der Waals surface area contributed by atoms with E-state index in [-0.39, 0.29) is 17.9 Å². The molecule has 0 bridgehead atoms. The van der Waals surface area contributed by atoms with Gasteiger partial charge < -0.3 is 24.8 Å². The van der Waals surface area contributed by atoms with Crippen molar-refractivity contribution in [2.45, 2.75) is 57.7 Å². The summed E-state index contributed by atoms with van der Waals surface area (Å²) in [5, 5.41) is 7.25. The summed E-state index contributed by atoms with van der Waals surface area (Å²) in [6.07, 6.45) is 4.41. The molecule has 7 rings (SSSR count). The van der Waals surface area contributed by atoms with Crippen LogP contribution in [-0.4, -0.2) is 67.5 Å². The summed E-state index contributed by atoms with van der Waals surface area (Å²) in [4.78, 5) is 35.6. The van der Waals surface area contributed by atoms with Crippen molar-refractivity contribution in [3.8, 4) is 40.0 Å². The van der Waals surface area contributed by atoms with Crippen LogP contribution in [0.2, 0.25) is 10.0 Å². The number of carbonyl (C=O) groups is 2. The number of nitrogens with one attached hydrogen (secondary N) is 2. The van der Waals surface area contributed by atoms with Gasteiger partial charge in [-0.3, -0.25) is 14.5 Å². The average molecular weight is 759 g/mol. The lowest BCUT2D eigenvalue weighted by atomic mass is 9.94. The zero-order valence-corrected chi connectivity index (χ0v) is 31.9. The summed E-state index contributed by atoms with van der Waals surface area (Å²) >= 11 is 14.0. The summed E-state index contributed by atoms with van der Waals surface area (Å²) in [5.74, 6) is 2.12. The Hall–Kier alpha value is -4.22. The maximum Gasteiger partial charge on any atom is 0.236 e. The third-order valence-corrected chi connectivity index (χ3v) is 11.4. The third kappa shape index (κ3) is 8.01. The summed E-state index contributed by atoms with van der Waals surface area (Å²) in [5.41, 5.74) is 7.55. The first kappa shape index (κ1) is 37.1. The number of hydrogen-bond donors (Lipinski definition) is 2. The third-order valence-electron chi connectivity index (χ3n) is 10.7. The number of Topliss-reactive ketones (excluding diaryl/α,β-unsaturated/α-hetero) is 1. The van der Waals surface area contributed by atoms with Crippen LogP contribution in [0, 0.1) is 11.8 Å². The smallest absolute Gasteiger partial charge is 0.236 e. The van der Waals surface area contributed by atoms with E-state index in [1.165, 1.54) is 5.56 Å². The maximum absolute atomic E-state index is 12.1. The molecule has 2 aromatic heterocycles. The molecule has 2 aliphatic carbocycles. The number of nitrogens with zero attached hydrogens (tertiary/aromatic N) is 3. The topological polar surface area (TPSA) is 115 Å². The highest BCUT2D eigenvalue weighted by atomic mass is 35.5. The van der Waals surface area contributed by atoms with Crippen LogP contribution >= 0.6 is 23.2 Å². The van der Waals surface area contributed by atoms with Crippen molar-refractivity contribution in [2.75, 3.05) is 40.9 Å². The molecule has 4 aromatic rings. The number of ketones is 1. The Balaban J connectivity index is 1.07. The highest BCUT2D eigenvalue weighted by Gasteiger charge is 2.31. The molecule has 10 nitrogen and oxygen atoms in total. The number of carbonyl (C=O) groups excluding carboxylic acids is 2. The van der Waals surface area contributed by atoms with E-state index in [0.717, 1.165) is 77.8 Å². The molecule has 278 valence electrons. The van der Waals surface area contributed by atoms with Gasteiger partial charge in [0.1, 0.15) is 16.9 Å². The number of rotatable bonds is 13. The van der Waals surface area contributed by atoms with Gasteiger partial charge in [-0.05, 0) is 73.5 Å². The van der Waals surface area contributed by atoms with Gasteiger partial charge in [-0.25, -0.2) is 4.98 Å². The number of halogens is 2. The molecular weight excluding hydrogens is 713 g/mol. The van der Waals surface area contributed by atoms with Crippen LogP contribution in [0.4, 0.5) is 0 Å². The number of aromatic nitrogens is 2. The van der Waals surface area contributed by atoms with E-state index in [2.05, 4.69) is 27.7 Å². The first-order valence-corrected chi connectivity index (χ1v) is 19.0. The number of ether oxygens (including phenoxy) is 3. The molecule has 53 heavy (non-hydrogen) atoms. The monoisotopic (exact) mass is 757 g/mol. The number of benzene rings is 2. The Morgan fingerprint density at radius 1 is 0.906 bits per heavy atom. The SMILES string of the molecule is CNC(=O)C1CCN(Cc2cc(Cl)c(O[C@H]3CCc4c(-c5cccc(-c6ccc(CNC[C@@H]7CCC(=O)C7)c(OC)n6)c5Cl)cccc43)nc2OC)C1. The molecule has 12 heteroatoms. The van der Waals surface area contributed by atoms with Crippen LogP contribution in [0.5, 0.6) is 17.6 Å². The molecule has 3 heterocycles. The normalized spacial score (nSPS) is 19.7. The summed E-state index contributed by atoms with van der Waals surface area (Å²) in [7, 11) is 4.89. The Bertz CT molecular complexity index is 2010. The van der Waals surface area contributed by atoms with Crippen LogP contribution in [0.1, 0.15) is 60.5 Å². The standard InChI is InChI=1S/C41H45Cl2N5O5/c1-44-38(50)26-16-17-48(22-26)23-27-19-34(42)41(47-40(27)52-3)53-36-15-13-30-29(6-4-7-31(30)36)32-8-5-9-33(37(32)43)35-14-11-25(39(46-35)51-2)21-45-20-24-10-12-28(49)18-24/h4-9,11,14,19,24,26,36,45H,10,12-13,15-18,20-23H2,1-3H3,(H,44,50)/t24-,26?,36+/m1/s1. The predicted molar refractivity (Wildman–Crippen MR) is 206 cm³/mol. The van der Waals surface area contributed by atoms with E-state index < -0.39 is 0 Å². The lowest BCUT2D eigenvalue weighted by molar-refractivity contribution is -0.124. The number of hydrogen-bond acceptors (Lipinski definition) is 9. The molecule has 2 fully saturated rings. The number of pyridine rings is 2. The summed E-state index contributed by atoms with van der Waals surface area (Å²) < 4.78 is 17.9. The van der Waals surface area contributed by atoms with Crippen molar-refractivity contribution < 1.29 is 23.8 Å². The van der Waals surface area contributed by atoms with Gasteiger partial charge in [0.25, 0.3) is 0 Å². The lowest BCUT2D eigenvalue weighted by Gasteiger charge is -2.20. The minimum Gasteiger partial charge on any atom is -0.481 e. The largest absolute Gasteiger partial charge is 0.481 e. The van der Waals surface area contributed by atoms with Gasteiger partial charge in [0, 0.05) is 61.8 Å². The van der Waals surface area contributed by atoms with Gasteiger partial charge >= 0.3 is 0 Å². The summed E-state index contributed by atoms with van der Waals surface area (Å²) in [6.45, 7) is 3.46. The van der Waals surface area contributed by atoms with Crippen LogP contribution in [0.25, 0.3) is 22.4 Å². The molecule has 3 atom stereocenters. The molecule has 2 aromatic carbocycles. The predicted octanol–water partition coefficient (Wildman–Crippen LogP) is 7.23. The van der Waals surface area contributed by atoms with Crippen LogP contribution in [0.3, 0.4) is 0 Å². The fraction of sp³-hybridized carbons (Fsp3) is 0.415. The van der Waals surface area contributed by atoms with Crippen LogP contribution in [0.15, 0.2) is 54.6 Å². The highest BCUT2D eigenvalue weighted by molar-refractivity contribution is 6.36. The zero-order valence-electron chi connectivity index (χ0n) is 30.3. The van der Waals surface area contributed by atoms with Gasteiger partial charge in [-0.1, -0.05) is 65.7 Å². The molecule has 2 N–H and O–H groups in total. The number of methoxy groups -OCH3 is 2. The van der Waals surface area contributed by atoms with Crippen LogP contribution in [-0.2, 0) is 29.1 Å². The van der Waals surface area contributed by atoms with Crippen molar-refractivity contribution in [1.82, 2.24) is 25.5 Å². The Labute approximate surface area is 320 Å². The first-order valence-electron chi connectivity index (χ1n) is 18.3. The van der Waals surface area contributed by atoms with Gasteiger partial charge in [0.2, 0.25) is 23.5 Å². The van der Waals surface area contributed by atoms with Gasteiger partial charge in [0.05, 0.1) is 30.9 Å². The maximum atomic E-state index is 12.1. The quantitative estimate of drug-likeness (QED) is 0.146. The Morgan fingerprint density at radius 2 is 1.68 bits per heavy atom. The Kier molecular flexibility index (Phi) is 11.5. The molecule has 0 spiro atoms. The van der Waals surface area contributed by atoms with E-state index in [1.807, 2.05) is 42.5 Å². The fourth-order valence-electron chi connectivity index (χ4n) is 7.97. The molecule has 1 unspecified atom stereocenters. The highest BCUT2D eigenvalue weighted by Crippen LogP contribution is 2.45. The second-order valence-corrected chi connectivity index (χ2v) is 14.9. The minimum absolute atomic E-state index is 0.0250. The van der Waals surface area contributed by atoms with Crippen molar-refractivity contribution in [1.29, 1.82) is 0 Å². The van der Waals surface area contributed by atoms with Crippen molar-refractivity contribution in [3.63, 3.8) is 0 Å². The molecule has 1 saturated carbocycles. The number of amides is 1. The van der Waals surface area contributed by atoms with E-state index in [0.29, 0.717) is 71.9 Å². The lowest BCUT2D eigenvalue weighted by Crippen LogP contribution is -2.30. The van der Waals surface area contributed by atoms with Gasteiger partial charge in [-0.15, -0.1) is 0 Å². The first-order chi connectivity index (χ1) is 25.8. The number of likely N-dealkylation sites (tertiary alicyclic amines) is 1. The summed E-state index contributed by atoms with van der Waals surface area (Å²) in [6, 6.07) is 18.1. The second-order valence-electron chi connectivity index (χ2n) is 14.1. The zero-order chi connectivity index (χ0) is 37.1. The van der Waals surface area contributed by atoms with Crippen LogP contribution < -0.4 is 24.8 Å². The molecular formula is C41H45Cl2N5O5. The fourth-order valence-corrected chi connectivity index (χ4v) is 8.52. The molecule has 3 aliphatic rings. The number of fused-ring (bicyclic) bond motifs is 1. The van der Waals surface area contributed by atoms with Crippen molar-refractivity contribution >= 4 is 34.9 Å². The average Bonchev–Trinajstić information content (AvgIpc) is 3.93. The van der Waals surface area contributed by atoms with E-state index in [4.69, 9.17) is 47.4 Å². The molecule has 0 radical (unpaired) electrons. The van der Waals surface area contributed by atoms with E-state index in [9.17, 15) is 9.59 Å². The molecule has 1 saturated heterocycles. The second kappa shape index (κ2) is 16.4. The van der Waals surface area contributed by atoms with E-state index >= 15 is 0 Å². The Morgan fingerprint density at radius 3 is 2.45 bits per heavy atom. The minimum atomic E-state index is -0.249.